The number of hydrogen-bond donors (Lipinski definition) is 1. The fraction of sp³-hybridized carbons (Fsp3) is 1.00. The molecule has 0 aromatic heterocycles. The van der Waals surface area contributed by atoms with Gasteiger partial charge in [0.1, 0.15) is 0 Å². The van der Waals surface area contributed by atoms with Crippen molar-refractivity contribution in [1.29, 1.82) is 0 Å². The lowest BCUT2D eigenvalue weighted by atomic mass is 9.50. The van der Waals surface area contributed by atoms with E-state index in [0.717, 1.165) is 36.9 Å². The first-order chi connectivity index (χ1) is 8.31. The zero-order valence-electron chi connectivity index (χ0n) is 10.4. The van der Waals surface area contributed by atoms with Gasteiger partial charge in [-0.25, -0.2) is 0 Å². The molecular formula is C14H23NO2. The van der Waals surface area contributed by atoms with Crippen molar-refractivity contribution in [3.05, 3.63) is 0 Å². The predicted octanol–water partition coefficient (Wildman–Crippen LogP) is 1.76. The molecular weight excluding hydrogens is 214 g/mol. The van der Waals surface area contributed by atoms with Crippen LogP contribution in [0.5, 0.6) is 0 Å². The summed E-state index contributed by atoms with van der Waals surface area (Å²) in [6.45, 7) is 2.01. The van der Waals surface area contributed by atoms with Gasteiger partial charge >= 0.3 is 0 Å². The van der Waals surface area contributed by atoms with E-state index in [1.807, 2.05) is 0 Å². The largest absolute Gasteiger partial charge is 0.346 e. The van der Waals surface area contributed by atoms with Gasteiger partial charge in [-0.05, 0) is 55.8 Å². The second kappa shape index (κ2) is 3.69. The van der Waals surface area contributed by atoms with Crippen molar-refractivity contribution in [2.45, 2.75) is 37.9 Å². The van der Waals surface area contributed by atoms with Crippen molar-refractivity contribution < 1.29 is 9.47 Å². The van der Waals surface area contributed by atoms with E-state index in [1.54, 1.807) is 0 Å². The van der Waals surface area contributed by atoms with E-state index < -0.39 is 5.79 Å². The second-order valence-electron chi connectivity index (χ2n) is 6.67. The van der Waals surface area contributed by atoms with Crippen LogP contribution in [0.1, 0.15) is 32.1 Å². The molecule has 2 N–H and O–H groups in total. The Hall–Kier alpha value is -0.120. The van der Waals surface area contributed by atoms with Crippen LogP contribution in [0.25, 0.3) is 0 Å². The summed E-state index contributed by atoms with van der Waals surface area (Å²) in [5, 5.41) is 0. The molecule has 5 rings (SSSR count). The lowest BCUT2D eigenvalue weighted by molar-refractivity contribution is -0.243. The molecule has 17 heavy (non-hydrogen) atoms. The minimum Gasteiger partial charge on any atom is -0.346 e. The Morgan fingerprint density at radius 3 is 1.88 bits per heavy atom. The van der Waals surface area contributed by atoms with E-state index in [-0.39, 0.29) is 0 Å². The Morgan fingerprint density at radius 2 is 1.41 bits per heavy atom. The predicted molar refractivity (Wildman–Crippen MR) is 64.2 cm³/mol. The molecule has 4 bridgehead atoms. The Balaban J connectivity index is 1.65. The van der Waals surface area contributed by atoms with E-state index >= 15 is 0 Å². The Morgan fingerprint density at radius 1 is 0.882 bits per heavy atom. The van der Waals surface area contributed by atoms with Gasteiger partial charge in [0.05, 0.1) is 13.2 Å². The summed E-state index contributed by atoms with van der Waals surface area (Å²) < 4.78 is 11.9. The van der Waals surface area contributed by atoms with Gasteiger partial charge in [0.15, 0.2) is 5.79 Å². The van der Waals surface area contributed by atoms with Crippen molar-refractivity contribution in [3.63, 3.8) is 0 Å². The van der Waals surface area contributed by atoms with Crippen LogP contribution >= 0.6 is 0 Å². The smallest absolute Gasteiger partial charge is 0.184 e. The van der Waals surface area contributed by atoms with Crippen molar-refractivity contribution in [1.82, 2.24) is 0 Å². The quantitative estimate of drug-likeness (QED) is 0.796. The number of nitrogens with two attached hydrogens (primary N) is 1. The molecule has 0 aromatic rings. The van der Waals surface area contributed by atoms with E-state index in [0.29, 0.717) is 12.5 Å². The summed E-state index contributed by atoms with van der Waals surface area (Å²) >= 11 is 0. The molecule has 3 nitrogen and oxygen atoms in total. The number of ether oxygens (including phenoxy) is 2. The van der Waals surface area contributed by atoms with Gasteiger partial charge < -0.3 is 15.2 Å². The molecule has 1 heterocycles. The summed E-state index contributed by atoms with van der Waals surface area (Å²) in [5.74, 6) is 3.83. The molecule has 0 radical (unpaired) electrons. The molecule has 96 valence electrons. The highest BCUT2D eigenvalue weighted by Crippen LogP contribution is 2.60. The highest BCUT2D eigenvalue weighted by atomic mass is 16.7. The van der Waals surface area contributed by atoms with Crippen LogP contribution in [0.2, 0.25) is 0 Å². The number of rotatable bonds is 2. The minimum absolute atomic E-state index is 0.414. The van der Waals surface area contributed by atoms with Crippen LogP contribution < -0.4 is 5.73 Å². The third kappa shape index (κ3) is 1.45. The monoisotopic (exact) mass is 237 g/mol. The van der Waals surface area contributed by atoms with Crippen LogP contribution in [-0.2, 0) is 9.47 Å². The molecule has 0 spiro atoms. The molecule has 1 saturated heterocycles. The van der Waals surface area contributed by atoms with E-state index in [4.69, 9.17) is 15.2 Å². The molecule has 0 amide bonds. The van der Waals surface area contributed by atoms with Crippen molar-refractivity contribution in [2.24, 2.45) is 35.3 Å². The van der Waals surface area contributed by atoms with Gasteiger partial charge in [-0.3, -0.25) is 0 Å². The highest BCUT2D eigenvalue weighted by Gasteiger charge is 2.57. The van der Waals surface area contributed by atoms with E-state index in [1.165, 1.54) is 32.1 Å². The second-order valence-corrected chi connectivity index (χ2v) is 6.67. The van der Waals surface area contributed by atoms with Crippen LogP contribution in [-0.4, -0.2) is 25.5 Å². The van der Waals surface area contributed by atoms with Crippen LogP contribution in [0.4, 0.5) is 0 Å². The van der Waals surface area contributed by atoms with Crippen LogP contribution in [0.3, 0.4) is 0 Å². The zero-order valence-corrected chi connectivity index (χ0v) is 10.4. The van der Waals surface area contributed by atoms with E-state index in [2.05, 4.69) is 0 Å². The highest BCUT2D eigenvalue weighted by molar-refractivity contribution is 5.03. The summed E-state index contributed by atoms with van der Waals surface area (Å²) in [5.41, 5.74) is 6.00. The first-order valence-electron chi connectivity index (χ1n) is 7.29. The molecule has 5 aliphatic rings. The van der Waals surface area contributed by atoms with Gasteiger partial charge in [-0.2, -0.15) is 0 Å². The summed E-state index contributed by atoms with van der Waals surface area (Å²) in [6.07, 6.45) is 7.13. The average Bonchev–Trinajstić information content (AvgIpc) is 2.77. The molecule has 5 fully saturated rings. The number of hydrogen-bond acceptors (Lipinski definition) is 3. The van der Waals surface area contributed by atoms with Crippen LogP contribution in [0, 0.1) is 29.6 Å². The molecule has 4 saturated carbocycles. The van der Waals surface area contributed by atoms with Crippen LogP contribution in [0.15, 0.2) is 0 Å². The maximum atomic E-state index is 6.00. The standard InChI is InChI=1S/C14H23NO2/c15-8-14(16-1-2-17-14)13-11-4-9-3-10(6-11)7-12(13)5-9/h9-13H,1-8,15H2. The third-order valence-corrected chi connectivity index (χ3v) is 5.80. The van der Waals surface area contributed by atoms with Crippen molar-refractivity contribution in [2.75, 3.05) is 19.8 Å². The molecule has 3 heteroatoms. The fourth-order valence-corrected chi connectivity index (χ4v) is 5.56. The molecule has 4 aliphatic carbocycles. The zero-order chi connectivity index (χ0) is 11.5. The third-order valence-electron chi connectivity index (χ3n) is 5.80. The maximum Gasteiger partial charge on any atom is 0.184 e. The minimum atomic E-state index is -0.414. The Kier molecular flexibility index (Phi) is 2.34. The lowest BCUT2D eigenvalue weighted by Crippen LogP contribution is -2.58. The molecule has 0 unspecified atom stereocenters. The lowest BCUT2D eigenvalue weighted by Gasteiger charge is -2.58. The Labute approximate surface area is 103 Å². The maximum absolute atomic E-state index is 6.00. The van der Waals surface area contributed by atoms with Gasteiger partial charge in [0.25, 0.3) is 0 Å². The van der Waals surface area contributed by atoms with Gasteiger partial charge in [0.2, 0.25) is 0 Å². The molecule has 0 atom stereocenters. The normalized spacial score (nSPS) is 51.0. The average molecular weight is 237 g/mol. The fourth-order valence-electron chi connectivity index (χ4n) is 5.56. The first-order valence-corrected chi connectivity index (χ1v) is 7.29. The van der Waals surface area contributed by atoms with E-state index in [9.17, 15) is 0 Å². The molecule has 0 aromatic carbocycles. The van der Waals surface area contributed by atoms with Gasteiger partial charge in [0, 0.05) is 12.5 Å². The van der Waals surface area contributed by atoms with Gasteiger partial charge in [-0.1, -0.05) is 0 Å². The van der Waals surface area contributed by atoms with Gasteiger partial charge in [-0.15, -0.1) is 0 Å². The van der Waals surface area contributed by atoms with Crippen molar-refractivity contribution in [3.8, 4) is 0 Å². The first kappa shape index (κ1) is 10.8. The Bertz CT molecular complexity index is 283. The summed E-state index contributed by atoms with van der Waals surface area (Å²) in [7, 11) is 0. The van der Waals surface area contributed by atoms with Crippen molar-refractivity contribution >= 4 is 0 Å². The summed E-state index contributed by atoms with van der Waals surface area (Å²) in [6, 6.07) is 0. The SMILES string of the molecule is NCC1(C2C3CC4CC(C3)CC2C4)OCCO1. The summed E-state index contributed by atoms with van der Waals surface area (Å²) in [4.78, 5) is 0. The topological polar surface area (TPSA) is 44.5 Å². The molecule has 1 aliphatic heterocycles.